The van der Waals surface area contributed by atoms with Gasteiger partial charge in [0.1, 0.15) is 11.5 Å². The Morgan fingerprint density at radius 3 is 2.21 bits per heavy atom. The third-order valence-corrected chi connectivity index (χ3v) is 6.96. The number of hydrogen-bond acceptors (Lipinski definition) is 7. The number of nitrogens with one attached hydrogen (secondary N) is 2. The van der Waals surface area contributed by atoms with Crippen LogP contribution in [-0.2, 0) is 13.0 Å². The quantitative estimate of drug-likeness (QED) is 0.172. The minimum absolute atomic E-state index is 0.0361. The minimum Gasteiger partial charge on any atom is -0.508 e. The summed E-state index contributed by atoms with van der Waals surface area (Å²) < 4.78 is 5.27. The van der Waals surface area contributed by atoms with E-state index in [1.54, 1.807) is 30.2 Å². The van der Waals surface area contributed by atoms with Crippen LogP contribution < -0.4 is 21.1 Å². The zero-order valence-corrected chi connectivity index (χ0v) is 25.0. The Balaban J connectivity index is 1.84. The van der Waals surface area contributed by atoms with Crippen LogP contribution in [0.5, 0.6) is 11.5 Å². The third-order valence-electron chi connectivity index (χ3n) is 6.96. The topological polar surface area (TPSA) is 154 Å². The van der Waals surface area contributed by atoms with E-state index in [9.17, 15) is 24.6 Å². The fraction of sp³-hybridized carbons (Fsp3) is 0.364. The van der Waals surface area contributed by atoms with Gasteiger partial charge >= 0.3 is 0 Å². The van der Waals surface area contributed by atoms with Gasteiger partial charge in [0.15, 0.2) is 0 Å². The number of aliphatic hydroxyl groups is 1. The number of rotatable bonds is 16. The number of primary amides is 1. The molecule has 43 heavy (non-hydrogen) atoms. The molecule has 0 unspecified atom stereocenters. The second-order valence-electron chi connectivity index (χ2n) is 10.5. The van der Waals surface area contributed by atoms with Gasteiger partial charge in [-0.3, -0.25) is 14.4 Å². The van der Waals surface area contributed by atoms with Crippen LogP contribution in [0.1, 0.15) is 68.9 Å². The lowest BCUT2D eigenvalue weighted by Crippen LogP contribution is -2.48. The normalized spacial score (nSPS) is 12.3. The van der Waals surface area contributed by atoms with Gasteiger partial charge < -0.3 is 36.2 Å². The van der Waals surface area contributed by atoms with Gasteiger partial charge in [0.05, 0.1) is 19.3 Å². The first-order chi connectivity index (χ1) is 20.6. The molecule has 0 saturated heterocycles. The lowest BCUT2D eigenvalue weighted by atomic mass is 9.99. The predicted molar refractivity (Wildman–Crippen MR) is 165 cm³/mol. The molecule has 230 valence electrons. The molecular formula is C33H42N4O6. The van der Waals surface area contributed by atoms with Crippen molar-refractivity contribution >= 4 is 17.7 Å². The molecule has 6 N–H and O–H groups in total. The van der Waals surface area contributed by atoms with Crippen LogP contribution in [0.25, 0.3) is 0 Å². The minimum atomic E-state index is -1.03. The molecule has 3 aromatic rings. The number of aliphatic hydroxyl groups excluding tert-OH is 1. The van der Waals surface area contributed by atoms with E-state index in [4.69, 9.17) is 10.5 Å². The van der Waals surface area contributed by atoms with E-state index in [0.29, 0.717) is 25.2 Å². The second kappa shape index (κ2) is 16.3. The smallest absolute Gasteiger partial charge is 0.253 e. The molecule has 0 aliphatic rings. The maximum absolute atomic E-state index is 13.6. The Labute approximate surface area is 252 Å². The highest BCUT2D eigenvalue weighted by Gasteiger charge is 2.25. The van der Waals surface area contributed by atoms with E-state index in [2.05, 4.69) is 10.6 Å². The fourth-order valence-electron chi connectivity index (χ4n) is 4.82. The number of benzene rings is 3. The summed E-state index contributed by atoms with van der Waals surface area (Å²) in [5, 5.41) is 27.2. The average molecular weight is 591 g/mol. The van der Waals surface area contributed by atoms with E-state index in [1.807, 2.05) is 38.1 Å². The molecule has 0 aliphatic carbocycles. The number of phenols is 1. The summed E-state index contributed by atoms with van der Waals surface area (Å²) in [6.45, 7) is 5.62. The molecule has 10 heteroatoms. The monoisotopic (exact) mass is 590 g/mol. The highest BCUT2D eigenvalue weighted by molar-refractivity contribution is 6.04. The number of aromatic hydroxyl groups is 1. The first-order valence-corrected chi connectivity index (χ1v) is 14.5. The van der Waals surface area contributed by atoms with Crippen LogP contribution in [0.2, 0.25) is 0 Å². The van der Waals surface area contributed by atoms with Gasteiger partial charge in [-0.25, -0.2) is 0 Å². The Kier molecular flexibility index (Phi) is 12.5. The number of carbonyl (C=O) groups excluding carboxylic acids is 3. The molecule has 2 atom stereocenters. The number of nitrogens with two attached hydrogens (primary N) is 1. The molecule has 0 bridgehead atoms. The van der Waals surface area contributed by atoms with Crippen LogP contribution in [0.15, 0.2) is 66.7 Å². The summed E-state index contributed by atoms with van der Waals surface area (Å²) >= 11 is 0. The number of hydrogen-bond donors (Lipinski definition) is 5. The number of amides is 3. The van der Waals surface area contributed by atoms with Gasteiger partial charge in [-0.2, -0.15) is 0 Å². The third kappa shape index (κ3) is 9.83. The van der Waals surface area contributed by atoms with Gasteiger partial charge in [0, 0.05) is 42.9 Å². The van der Waals surface area contributed by atoms with Crippen LogP contribution >= 0.6 is 0 Å². The molecule has 0 radical (unpaired) electrons. The highest BCUT2D eigenvalue weighted by atomic mass is 16.5. The fourth-order valence-corrected chi connectivity index (χ4v) is 4.82. The molecule has 10 nitrogen and oxygen atoms in total. The predicted octanol–water partition coefficient (Wildman–Crippen LogP) is 3.25. The van der Waals surface area contributed by atoms with Gasteiger partial charge in [0.25, 0.3) is 11.8 Å². The van der Waals surface area contributed by atoms with Crippen LogP contribution in [0.3, 0.4) is 0 Å². The molecule has 3 amide bonds. The van der Waals surface area contributed by atoms with E-state index < -0.39 is 24.0 Å². The number of nitrogens with zero attached hydrogens (tertiary/aromatic N) is 1. The molecule has 0 spiro atoms. The first-order valence-electron chi connectivity index (χ1n) is 14.5. The maximum Gasteiger partial charge on any atom is 0.253 e. The number of methoxy groups -OCH3 is 1. The molecular weight excluding hydrogens is 548 g/mol. The summed E-state index contributed by atoms with van der Waals surface area (Å²) in [4.78, 5) is 40.7. The SMILES string of the molecule is CCCN(CCC)C(=O)c1cc(C(N)=O)cc(C(=O)N[C@@H](Cc2cccc(O)c2)[C@H](O)CNCc2cccc(OC)c2)c1. The Hall–Kier alpha value is -4.41. The van der Waals surface area contributed by atoms with Gasteiger partial charge in [-0.1, -0.05) is 38.1 Å². The molecule has 3 rings (SSSR count). The molecule has 3 aromatic carbocycles. The summed E-state index contributed by atoms with van der Waals surface area (Å²) in [7, 11) is 1.59. The van der Waals surface area contributed by atoms with Crippen molar-refractivity contribution in [1.29, 1.82) is 0 Å². The lowest BCUT2D eigenvalue weighted by molar-refractivity contribution is 0.0755. The van der Waals surface area contributed by atoms with Gasteiger partial charge in [-0.15, -0.1) is 0 Å². The highest BCUT2D eigenvalue weighted by Crippen LogP contribution is 2.17. The Morgan fingerprint density at radius 1 is 0.907 bits per heavy atom. The molecule has 0 aliphatic heterocycles. The molecule has 0 aromatic heterocycles. The lowest BCUT2D eigenvalue weighted by Gasteiger charge is -2.25. The molecule has 0 heterocycles. The van der Waals surface area contributed by atoms with Crippen molar-refractivity contribution in [3.63, 3.8) is 0 Å². The van der Waals surface area contributed by atoms with Gasteiger partial charge in [0.2, 0.25) is 5.91 Å². The zero-order valence-electron chi connectivity index (χ0n) is 25.0. The van der Waals surface area contributed by atoms with E-state index in [-0.39, 0.29) is 41.3 Å². The summed E-state index contributed by atoms with van der Waals surface area (Å²) in [5.41, 5.74) is 7.52. The first kappa shape index (κ1) is 33.1. The maximum atomic E-state index is 13.6. The van der Waals surface area contributed by atoms with Crippen molar-refractivity contribution < 1.29 is 29.3 Å². The van der Waals surface area contributed by atoms with Crippen LogP contribution in [-0.4, -0.2) is 71.7 Å². The summed E-state index contributed by atoms with van der Waals surface area (Å²) in [5.74, 6) is -0.850. The van der Waals surface area contributed by atoms with E-state index in [0.717, 1.165) is 24.2 Å². The summed E-state index contributed by atoms with van der Waals surface area (Å²) in [6.07, 6.45) is 0.704. The Morgan fingerprint density at radius 2 is 1.56 bits per heavy atom. The second-order valence-corrected chi connectivity index (χ2v) is 10.5. The number of ether oxygens (including phenoxy) is 1. The van der Waals surface area contributed by atoms with Crippen molar-refractivity contribution in [1.82, 2.24) is 15.5 Å². The molecule has 0 saturated carbocycles. The van der Waals surface area contributed by atoms with Crippen molar-refractivity contribution in [2.45, 2.75) is 51.8 Å². The number of carbonyl (C=O) groups is 3. The summed E-state index contributed by atoms with van der Waals surface area (Å²) in [6, 6.07) is 17.5. The van der Waals surface area contributed by atoms with E-state index in [1.165, 1.54) is 24.3 Å². The van der Waals surface area contributed by atoms with Crippen molar-refractivity contribution in [3.8, 4) is 11.5 Å². The standard InChI is InChI=1S/C33H42N4O6/c1-4-12-37(13-5-2)33(42)26-18-24(31(34)40)17-25(19-26)32(41)36-29(16-22-8-6-10-27(38)14-22)30(39)21-35-20-23-9-7-11-28(15-23)43-3/h6-11,14-15,17-19,29-30,35,38-39H,4-5,12-13,16,20-21H2,1-3H3,(H2,34,40)(H,36,41)/t29-,30+/m0/s1. The zero-order chi connectivity index (χ0) is 31.4. The van der Waals surface area contributed by atoms with Gasteiger partial charge in [-0.05, 0) is 72.9 Å². The van der Waals surface area contributed by atoms with Crippen molar-refractivity contribution in [2.75, 3.05) is 26.7 Å². The molecule has 0 fully saturated rings. The Bertz CT molecular complexity index is 1390. The largest absolute Gasteiger partial charge is 0.508 e. The average Bonchev–Trinajstić information content (AvgIpc) is 3.00. The number of phenolic OH excluding ortho intramolecular Hbond substituents is 1. The van der Waals surface area contributed by atoms with Crippen LogP contribution in [0.4, 0.5) is 0 Å². The van der Waals surface area contributed by atoms with E-state index >= 15 is 0 Å². The van der Waals surface area contributed by atoms with Crippen molar-refractivity contribution in [3.05, 3.63) is 94.5 Å². The van der Waals surface area contributed by atoms with Crippen LogP contribution in [0, 0.1) is 0 Å². The van der Waals surface area contributed by atoms with Crippen molar-refractivity contribution in [2.24, 2.45) is 5.73 Å².